The molecule has 0 heteroatoms. The Morgan fingerprint density at radius 1 is 0.519 bits per heavy atom. The number of benzene rings is 4. The van der Waals surface area contributed by atoms with Gasteiger partial charge in [-0.15, -0.1) is 0 Å². The molecule has 0 aliphatic carbocycles. The first kappa shape index (κ1) is 16.7. The summed E-state index contributed by atoms with van der Waals surface area (Å²) in [6, 6.07) is 30.7. The Balaban J connectivity index is 1.84. The van der Waals surface area contributed by atoms with Crippen LogP contribution in [-0.4, -0.2) is 0 Å². The maximum absolute atomic E-state index is 3.38. The van der Waals surface area contributed by atoms with Gasteiger partial charge in [0.15, 0.2) is 0 Å². The topological polar surface area (TPSA) is 0 Å². The van der Waals surface area contributed by atoms with Crippen molar-refractivity contribution in [2.75, 3.05) is 0 Å². The maximum Gasteiger partial charge on any atom is 0.0357 e. The van der Waals surface area contributed by atoms with E-state index in [1.165, 1.54) is 0 Å². The number of hydrogen-bond acceptors (Lipinski definition) is 0. The highest BCUT2D eigenvalue weighted by atomic mass is 14.1. The Morgan fingerprint density at radius 2 is 1.04 bits per heavy atom. The average molecular weight is 342 g/mol. The molecule has 0 aromatic heterocycles. The summed E-state index contributed by atoms with van der Waals surface area (Å²) in [5.74, 6) is 13.3. The van der Waals surface area contributed by atoms with E-state index in [-0.39, 0.29) is 0 Å². The van der Waals surface area contributed by atoms with Crippen molar-refractivity contribution in [2.24, 2.45) is 0 Å². The molecule has 0 saturated heterocycles. The molecule has 0 saturated carbocycles. The van der Waals surface area contributed by atoms with Gasteiger partial charge in [-0.2, -0.15) is 0 Å². The predicted molar refractivity (Wildman–Crippen MR) is 114 cm³/mol. The lowest BCUT2D eigenvalue weighted by atomic mass is 9.95. The third kappa shape index (κ3) is 3.77. The highest BCUT2D eigenvalue weighted by molar-refractivity contribution is 5.94. The van der Waals surface area contributed by atoms with Gasteiger partial charge in [-0.1, -0.05) is 84.3 Å². The molecule has 0 nitrogen and oxygen atoms in total. The Morgan fingerprint density at radius 3 is 1.67 bits per heavy atom. The first-order valence-electron chi connectivity index (χ1n) is 8.98. The standard InChI is InChI=1S/C27H18/c1-21-20-24(18-16-22-10-4-2-5-11-22)26-14-8-9-15-27(26)25(21)19-17-23-12-6-3-7-13-23/h2-15,20H,1H3. The van der Waals surface area contributed by atoms with E-state index in [1.54, 1.807) is 0 Å². The third-order valence-electron chi connectivity index (χ3n) is 4.46. The van der Waals surface area contributed by atoms with Crippen molar-refractivity contribution in [1.82, 2.24) is 0 Å². The molecule has 0 heterocycles. The van der Waals surface area contributed by atoms with Crippen LogP contribution in [0.1, 0.15) is 27.8 Å². The number of hydrogen-bond donors (Lipinski definition) is 0. The molecular weight excluding hydrogens is 324 g/mol. The molecule has 126 valence electrons. The van der Waals surface area contributed by atoms with Crippen LogP contribution in [0.2, 0.25) is 0 Å². The van der Waals surface area contributed by atoms with E-state index in [2.05, 4.69) is 60.9 Å². The van der Waals surface area contributed by atoms with E-state index in [0.717, 1.165) is 38.6 Å². The molecule has 0 fully saturated rings. The maximum atomic E-state index is 3.38. The second kappa shape index (κ2) is 7.65. The zero-order valence-electron chi connectivity index (χ0n) is 15.2. The molecule has 27 heavy (non-hydrogen) atoms. The lowest BCUT2D eigenvalue weighted by molar-refractivity contribution is 1.46. The summed E-state index contributed by atoms with van der Waals surface area (Å²) in [5, 5.41) is 2.29. The highest BCUT2D eigenvalue weighted by Gasteiger charge is 2.06. The van der Waals surface area contributed by atoms with Crippen LogP contribution in [-0.2, 0) is 0 Å². The molecule has 0 amide bonds. The minimum absolute atomic E-state index is 1.02. The fraction of sp³-hybridized carbons (Fsp3) is 0.0370. The Kier molecular flexibility index (Phi) is 4.74. The van der Waals surface area contributed by atoms with E-state index in [9.17, 15) is 0 Å². The molecule has 0 bridgehead atoms. The van der Waals surface area contributed by atoms with Crippen LogP contribution in [0.3, 0.4) is 0 Å². The van der Waals surface area contributed by atoms with Gasteiger partial charge >= 0.3 is 0 Å². The molecule has 0 aliphatic rings. The second-order valence-corrected chi connectivity index (χ2v) is 6.39. The summed E-state index contributed by atoms with van der Waals surface area (Å²) in [6.07, 6.45) is 0. The lowest BCUT2D eigenvalue weighted by Crippen LogP contribution is -1.90. The van der Waals surface area contributed by atoms with E-state index in [1.807, 2.05) is 60.7 Å². The van der Waals surface area contributed by atoms with Crippen molar-refractivity contribution >= 4 is 10.8 Å². The average Bonchev–Trinajstić information content (AvgIpc) is 2.73. The molecule has 0 N–H and O–H groups in total. The van der Waals surface area contributed by atoms with Gasteiger partial charge in [0.1, 0.15) is 0 Å². The van der Waals surface area contributed by atoms with Crippen LogP contribution in [0.4, 0.5) is 0 Å². The first-order valence-corrected chi connectivity index (χ1v) is 8.98. The molecule has 4 aromatic rings. The minimum atomic E-state index is 1.02. The zero-order chi connectivity index (χ0) is 18.5. The molecule has 0 spiro atoms. The Labute approximate surface area is 160 Å². The van der Waals surface area contributed by atoms with Crippen molar-refractivity contribution in [3.63, 3.8) is 0 Å². The van der Waals surface area contributed by atoms with Gasteiger partial charge in [0.2, 0.25) is 0 Å². The van der Waals surface area contributed by atoms with E-state index in [4.69, 9.17) is 0 Å². The normalized spacial score (nSPS) is 9.81. The number of fused-ring (bicyclic) bond motifs is 1. The Bertz CT molecular complexity index is 1210. The van der Waals surface area contributed by atoms with Gasteiger partial charge in [-0.3, -0.25) is 0 Å². The van der Waals surface area contributed by atoms with Crippen LogP contribution >= 0.6 is 0 Å². The Hall–Kier alpha value is -3.74. The summed E-state index contributed by atoms with van der Waals surface area (Å²) >= 11 is 0. The summed E-state index contributed by atoms with van der Waals surface area (Å²) in [7, 11) is 0. The SMILES string of the molecule is Cc1cc(C#Cc2ccccc2)c2ccccc2c1C#Cc1ccccc1. The minimum Gasteiger partial charge on any atom is -0.0622 e. The predicted octanol–water partition coefficient (Wildman–Crippen LogP) is 5.95. The molecule has 0 aliphatic heterocycles. The van der Waals surface area contributed by atoms with E-state index < -0.39 is 0 Å². The molecule has 4 aromatic carbocycles. The van der Waals surface area contributed by atoms with E-state index >= 15 is 0 Å². The third-order valence-corrected chi connectivity index (χ3v) is 4.46. The van der Waals surface area contributed by atoms with Gasteiger partial charge in [-0.05, 0) is 53.6 Å². The van der Waals surface area contributed by atoms with Gasteiger partial charge in [0, 0.05) is 22.3 Å². The van der Waals surface area contributed by atoms with Gasteiger partial charge < -0.3 is 0 Å². The van der Waals surface area contributed by atoms with Crippen LogP contribution in [0, 0.1) is 30.6 Å². The molecular formula is C27H18. The zero-order valence-corrected chi connectivity index (χ0v) is 15.2. The van der Waals surface area contributed by atoms with Gasteiger partial charge in [-0.25, -0.2) is 0 Å². The molecule has 4 rings (SSSR count). The fourth-order valence-corrected chi connectivity index (χ4v) is 3.10. The van der Waals surface area contributed by atoms with Crippen LogP contribution in [0.15, 0.2) is 91.0 Å². The van der Waals surface area contributed by atoms with Crippen LogP contribution in [0.5, 0.6) is 0 Å². The number of rotatable bonds is 0. The first-order chi connectivity index (χ1) is 13.3. The summed E-state index contributed by atoms with van der Waals surface area (Å²) in [6.45, 7) is 2.11. The largest absolute Gasteiger partial charge is 0.0622 e. The van der Waals surface area contributed by atoms with Crippen molar-refractivity contribution in [2.45, 2.75) is 6.92 Å². The lowest BCUT2D eigenvalue weighted by Gasteiger charge is -2.07. The number of aryl methyl sites for hydroxylation is 1. The van der Waals surface area contributed by atoms with Gasteiger partial charge in [0.05, 0.1) is 0 Å². The van der Waals surface area contributed by atoms with Crippen molar-refractivity contribution in [3.8, 4) is 23.7 Å². The second-order valence-electron chi connectivity index (χ2n) is 6.39. The van der Waals surface area contributed by atoms with Crippen molar-refractivity contribution in [3.05, 3.63) is 119 Å². The van der Waals surface area contributed by atoms with Crippen molar-refractivity contribution in [1.29, 1.82) is 0 Å². The highest BCUT2D eigenvalue weighted by Crippen LogP contribution is 2.25. The summed E-state index contributed by atoms with van der Waals surface area (Å²) < 4.78 is 0. The van der Waals surface area contributed by atoms with E-state index in [0.29, 0.717) is 0 Å². The van der Waals surface area contributed by atoms with Crippen molar-refractivity contribution < 1.29 is 0 Å². The van der Waals surface area contributed by atoms with Gasteiger partial charge in [0.25, 0.3) is 0 Å². The monoisotopic (exact) mass is 342 g/mol. The van der Waals surface area contributed by atoms with Crippen LogP contribution in [0.25, 0.3) is 10.8 Å². The molecule has 0 unspecified atom stereocenters. The quantitative estimate of drug-likeness (QED) is 0.347. The fourth-order valence-electron chi connectivity index (χ4n) is 3.10. The molecule has 0 radical (unpaired) electrons. The summed E-state index contributed by atoms with van der Waals surface area (Å²) in [4.78, 5) is 0. The summed E-state index contributed by atoms with van der Waals surface area (Å²) in [5.41, 5.74) is 5.30. The smallest absolute Gasteiger partial charge is 0.0357 e. The van der Waals surface area contributed by atoms with Crippen LogP contribution < -0.4 is 0 Å². The molecule has 0 atom stereocenters.